The summed E-state index contributed by atoms with van der Waals surface area (Å²) in [5, 5.41) is 4.21. The van der Waals surface area contributed by atoms with Crippen molar-refractivity contribution in [3.63, 3.8) is 0 Å². The minimum atomic E-state index is 0.223. The van der Waals surface area contributed by atoms with E-state index in [4.69, 9.17) is 0 Å². The van der Waals surface area contributed by atoms with Gasteiger partial charge in [-0.15, -0.1) is 0 Å². The average Bonchev–Trinajstić information content (AvgIpc) is 2.78. The first kappa shape index (κ1) is 11.0. The lowest BCUT2D eigenvalue weighted by Crippen LogP contribution is -2.06. The van der Waals surface area contributed by atoms with Crippen LogP contribution in [0.2, 0.25) is 0 Å². The predicted octanol–water partition coefficient (Wildman–Crippen LogP) is 2.67. The fourth-order valence-corrected chi connectivity index (χ4v) is 2.11. The summed E-state index contributed by atoms with van der Waals surface area (Å²) in [6.45, 7) is 4.15. The molecule has 1 atom stereocenters. The van der Waals surface area contributed by atoms with Crippen molar-refractivity contribution in [2.75, 3.05) is 5.32 Å². The Bertz CT molecular complexity index is 440. The first-order valence-corrected chi connectivity index (χ1v) is 6.06. The van der Waals surface area contributed by atoms with Crippen LogP contribution in [0, 0.1) is 0 Å². The number of hydrogen-bond donors (Lipinski definition) is 1. The lowest BCUT2D eigenvalue weighted by Gasteiger charge is -2.11. The van der Waals surface area contributed by atoms with Crippen LogP contribution >= 0.6 is 11.5 Å². The molecule has 2 heterocycles. The van der Waals surface area contributed by atoms with Crippen molar-refractivity contribution in [3.8, 4) is 0 Å². The highest BCUT2D eigenvalue weighted by molar-refractivity contribution is 7.09. The van der Waals surface area contributed by atoms with Crippen molar-refractivity contribution in [2.24, 2.45) is 0 Å². The zero-order valence-corrected chi connectivity index (χ0v) is 10.2. The molecule has 0 saturated heterocycles. The summed E-state index contributed by atoms with van der Waals surface area (Å²) in [7, 11) is 0. The molecule has 0 aliphatic rings. The Morgan fingerprint density at radius 3 is 2.75 bits per heavy atom. The second-order valence-electron chi connectivity index (χ2n) is 3.52. The maximum atomic E-state index is 4.37. The summed E-state index contributed by atoms with van der Waals surface area (Å²) >= 11 is 1.41. The van der Waals surface area contributed by atoms with Gasteiger partial charge in [0, 0.05) is 30.3 Å². The molecule has 1 unspecified atom stereocenters. The highest BCUT2D eigenvalue weighted by Gasteiger charge is 2.08. The third-order valence-corrected chi connectivity index (χ3v) is 3.01. The van der Waals surface area contributed by atoms with Gasteiger partial charge in [0.1, 0.15) is 5.82 Å². The Balaban J connectivity index is 2.05. The van der Waals surface area contributed by atoms with E-state index in [0.29, 0.717) is 0 Å². The van der Waals surface area contributed by atoms with E-state index in [1.165, 1.54) is 17.1 Å². The van der Waals surface area contributed by atoms with Gasteiger partial charge in [-0.25, -0.2) is 4.98 Å². The van der Waals surface area contributed by atoms with Crippen LogP contribution in [0.1, 0.15) is 31.3 Å². The van der Waals surface area contributed by atoms with E-state index >= 15 is 0 Å². The predicted molar refractivity (Wildman–Crippen MR) is 65.6 cm³/mol. The molecule has 5 heteroatoms. The van der Waals surface area contributed by atoms with Crippen LogP contribution in [0.3, 0.4) is 0 Å². The minimum Gasteiger partial charge on any atom is -0.354 e. The van der Waals surface area contributed by atoms with Gasteiger partial charge >= 0.3 is 0 Å². The summed E-state index contributed by atoms with van der Waals surface area (Å²) in [4.78, 5) is 8.37. The number of rotatable bonds is 4. The normalized spacial score (nSPS) is 12.4. The summed E-state index contributed by atoms with van der Waals surface area (Å²) in [5.74, 6) is 0.898. The van der Waals surface area contributed by atoms with Crippen LogP contribution in [0.5, 0.6) is 0 Å². The van der Waals surface area contributed by atoms with E-state index in [-0.39, 0.29) is 6.04 Å². The minimum absolute atomic E-state index is 0.223. The topological polar surface area (TPSA) is 50.7 Å². The molecule has 2 aromatic rings. The Hall–Kier alpha value is -1.49. The number of pyridine rings is 1. The van der Waals surface area contributed by atoms with E-state index < -0.39 is 0 Å². The van der Waals surface area contributed by atoms with E-state index in [1.54, 1.807) is 12.4 Å². The van der Waals surface area contributed by atoms with E-state index in [2.05, 4.69) is 33.5 Å². The largest absolute Gasteiger partial charge is 0.354 e. The summed E-state index contributed by atoms with van der Waals surface area (Å²) in [6.07, 6.45) is 4.47. The standard InChI is InChI=1S/C11H14N4S/c1-3-10-14-11(16-15-10)13-8(2)9-4-6-12-7-5-9/h4-8H,3H2,1-2H3,(H,13,14,15). The molecule has 0 fully saturated rings. The quantitative estimate of drug-likeness (QED) is 0.883. The van der Waals surface area contributed by atoms with Gasteiger partial charge in [0.2, 0.25) is 5.13 Å². The molecule has 0 radical (unpaired) electrons. The fraction of sp³-hybridized carbons (Fsp3) is 0.364. The molecule has 0 aromatic carbocycles. The number of nitrogens with zero attached hydrogens (tertiary/aromatic N) is 3. The molecule has 1 N–H and O–H groups in total. The van der Waals surface area contributed by atoms with E-state index in [9.17, 15) is 0 Å². The Labute approximate surface area is 98.9 Å². The van der Waals surface area contributed by atoms with Gasteiger partial charge in [-0.3, -0.25) is 4.98 Å². The second kappa shape index (κ2) is 5.03. The third kappa shape index (κ3) is 2.55. The number of anilines is 1. The van der Waals surface area contributed by atoms with Crippen molar-refractivity contribution in [3.05, 3.63) is 35.9 Å². The highest BCUT2D eigenvalue weighted by atomic mass is 32.1. The SMILES string of the molecule is CCc1nsc(NC(C)c2ccncc2)n1. The monoisotopic (exact) mass is 234 g/mol. The molecule has 0 spiro atoms. The highest BCUT2D eigenvalue weighted by Crippen LogP contribution is 2.19. The smallest absolute Gasteiger partial charge is 0.203 e. The lowest BCUT2D eigenvalue weighted by atomic mass is 10.1. The summed E-state index contributed by atoms with van der Waals surface area (Å²) < 4.78 is 4.24. The molecule has 0 aliphatic heterocycles. The number of nitrogens with one attached hydrogen (secondary N) is 1. The zero-order chi connectivity index (χ0) is 11.4. The van der Waals surface area contributed by atoms with Gasteiger partial charge in [0.05, 0.1) is 6.04 Å². The Morgan fingerprint density at radius 1 is 1.38 bits per heavy atom. The van der Waals surface area contributed by atoms with Crippen LogP contribution < -0.4 is 5.32 Å². The first-order chi connectivity index (χ1) is 7.79. The van der Waals surface area contributed by atoms with Gasteiger partial charge in [-0.05, 0) is 24.6 Å². The van der Waals surface area contributed by atoms with Crippen molar-refractivity contribution in [1.29, 1.82) is 0 Å². The van der Waals surface area contributed by atoms with Crippen molar-refractivity contribution in [1.82, 2.24) is 14.3 Å². The van der Waals surface area contributed by atoms with Gasteiger partial charge in [-0.1, -0.05) is 6.92 Å². The van der Waals surface area contributed by atoms with E-state index in [0.717, 1.165) is 17.4 Å². The van der Waals surface area contributed by atoms with Crippen LogP contribution in [0.15, 0.2) is 24.5 Å². The lowest BCUT2D eigenvalue weighted by molar-refractivity contribution is 0.872. The number of hydrogen-bond acceptors (Lipinski definition) is 5. The maximum absolute atomic E-state index is 4.37. The molecule has 84 valence electrons. The van der Waals surface area contributed by atoms with Gasteiger partial charge in [0.15, 0.2) is 0 Å². The van der Waals surface area contributed by atoms with Crippen molar-refractivity contribution in [2.45, 2.75) is 26.3 Å². The molecule has 0 aliphatic carbocycles. The molecule has 16 heavy (non-hydrogen) atoms. The maximum Gasteiger partial charge on any atom is 0.203 e. The second-order valence-corrected chi connectivity index (χ2v) is 4.27. The molecule has 2 rings (SSSR count). The molecule has 0 amide bonds. The fourth-order valence-electron chi connectivity index (χ4n) is 1.38. The number of aryl methyl sites for hydroxylation is 1. The van der Waals surface area contributed by atoms with Crippen LogP contribution in [-0.4, -0.2) is 14.3 Å². The molecule has 0 bridgehead atoms. The molecular formula is C11H14N4S. The summed E-state index contributed by atoms with van der Waals surface area (Å²) in [6, 6.07) is 4.22. The van der Waals surface area contributed by atoms with Gasteiger partial charge < -0.3 is 5.32 Å². The average molecular weight is 234 g/mol. The molecule has 0 saturated carbocycles. The Kier molecular flexibility index (Phi) is 3.46. The van der Waals surface area contributed by atoms with Crippen molar-refractivity contribution < 1.29 is 0 Å². The molecule has 2 aromatic heterocycles. The van der Waals surface area contributed by atoms with Crippen LogP contribution in [0.4, 0.5) is 5.13 Å². The van der Waals surface area contributed by atoms with Crippen LogP contribution in [0.25, 0.3) is 0 Å². The Morgan fingerprint density at radius 2 is 2.12 bits per heavy atom. The first-order valence-electron chi connectivity index (χ1n) is 5.28. The summed E-state index contributed by atoms with van der Waals surface area (Å²) in [5.41, 5.74) is 1.20. The van der Waals surface area contributed by atoms with Crippen LogP contribution in [-0.2, 0) is 6.42 Å². The van der Waals surface area contributed by atoms with Crippen molar-refractivity contribution >= 4 is 16.7 Å². The third-order valence-electron chi connectivity index (χ3n) is 2.33. The zero-order valence-electron chi connectivity index (χ0n) is 9.34. The van der Waals surface area contributed by atoms with Gasteiger partial charge in [-0.2, -0.15) is 4.37 Å². The van der Waals surface area contributed by atoms with E-state index in [1.807, 2.05) is 12.1 Å². The molecular weight excluding hydrogens is 220 g/mol. The van der Waals surface area contributed by atoms with Gasteiger partial charge in [0.25, 0.3) is 0 Å². The number of aromatic nitrogens is 3. The molecule has 4 nitrogen and oxygen atoms in total.